The van der Waals surface area contributed by atoms with Crippen LogP contribution in [0.25, 0.3) is 0 Å². The maximum Gasteiger partial charge on any atom is 0.222 e. The Morgan fingerprint density at radius 2 is 1.57 bits per heavy atom. The highest BCUT2D eigenvalue weighted by atomic mass is 16.2. The van der Waals surface area contributed by atoms with Gasteiger partial charge in [-0.15, -0.1) is 0 Å². The van der Waals surface area contributed by atoms with E-state index in [0.29, 0.717) is 18.8 Å². The number of allylic oxidation sites excluding steroid dienone is 1. The number of hydrogen-bond acceptors (Lipinski definition) is 2. The molecular formula is C18H33NO2. The van der Waals surface area contributed by atoms with E-state index in [-0.39, 0.29) is 11.7 Å². The second-order valence-corrected chi connectivity index (χ2v) is 6.29. The van der Waals surface area contributed by atoms with E-state index in [1.165, 1.54) is 12.5 Å². The highest BCUT2D eigenvalue weighted by Crippen LogP contribution is 2.10. The number of rotatable bonds is 13. The molecule has 0 heterocycles. The molecule has 0 rings (SSSR count). The molecule has 122 valence electrons. The van der Waals surface area contributed by atoms with Gasteiger partial charge in [-0.05, 0) is 37.7 Å². The molecule has 1 amide bonds. The van der Waals surface area contributed by atoms with E-state index in [9.17, 15) is 9.59 Å². The number of hydrogen-bond donors (Lipinski definition) is 0. The first-order valence-electron chi connectivity index (χ1n) is 8.36. The highest BCUT2D eigenvalue weighted by Gasteiger charge is 2.08. The quantitative estimate of drug-likeness (QED) is 0.374. The zero-order valence-corrected chi connectivity index (χ0v) is 14.2. The third kappa shape index (κ3) is 12.3. The molecule has 3 nitrogen and oxygen atoms in total. The minimum atomic E-state index is 0.133. The third-order valence-electron chi connectivity index (χ3n) is 3.74. The average Bonchev–Trinajstić information content (AvgIpc) is 2.45. The smallest absolute Gasteiger partial charge is 0.222 e. The lowest BCUT2D eigenvalue weighted by Gasteiger charge is -2.17. The van der Waals surface area contributed by atoms with Crippen LogP contribution in [-0.4, -0.2) is 30.2 Å². The fraction of sp³-hybridized carbons (Fsp3) is 0.778. The molecule has 3 heteroatoms. The summed E-state index contributed by atoms with van der Waals surface area (Å²) in [6, 6.07) is 0. The topological polar surface area (TPSA) is 37.4 Å². The molecule has 0 saturated heterocycles. The molecule has 0 radical (unpaired) electrons. The predicted octanol–water partition coefficient (Wildman–Crippen LogP) is 4.37. The molecule has 0 aromatic carbocycles. The Morgan fingerprint density at radius 1 is 1.00 bits per heavy atom. The van der Waals surface area contributed by atoms with Gasteiger partial charge < -0.3 is 4.90 Å². The van der Waals surface area contributed by atoms with Crippen LogP contribution < -0.4 is 0 Å². The summed E-state index contributed by atoms with van der Waals surface area (Å²) >= 11 is 0. The Morgan fingerprint density at radius 3 is 2.14 bits per heavy atom. The Balaban J connectivity index is 3.48. The van der Waals surface area contributed by atoms with Gasteiger partial charge in [0.25, 0.3) is 0 Å². The number of nitrogens with zero attached hydrogens (tertiary/aromatic N) is 1. The lowest BCUT2D eigenvalue weighted by molar-refractivity contribution is -0.130. The highest BCUT2D eigenvalue weighted by molar-refractivity contribution is 5.88. The van der Waals surface area contributed by atoms with E-state index in [4.69, 9.17) is 0 Å². The normalized spacial score (nSPS) is 10.7. The van der Waals surface area contributed by atoms with Crippen LogP contribution in [-0.2, 0) is 9.59 Å². The van der Waals surface area contributed by atoms with Crippen LogP contribution in [0.15, 0.2) is 12.7 Å². The van der Waals surface area contributed by atoms with Crippen molar-refractivity contribution in [1.82, 2.24) is 4.90 Å². The Kier molecular flexibility index (Phi) is 11.9. The fourth-order valence-electron chi connectivity index (χ4n) is 2.26. The third-order valence-corrected chi connectivity index (χ3v) is 3.74. The SMILES string of the molecule is C=CC(=O)CCCCCCCC(=O)N(C)CCCC(C)C. The lowest BCUT2D eigenvalue weighted by atomic mass is 10.1. The van der Waals surface area contributed by atoms with Crippen LogP contribution >= 0.6 is 0 Å². The van der Waals surface area contributed by atoms with E-state index in [1.807, 2.05) is 11.9 Å². The van der Waals surface area contributed by atoms with Crippen LogP contribution in [0.2, 0.25) is 0 Å². The van der Waals surface area contributed by atoms with Gasteiger partial charge in [-0.3, -0.25) is 9.59 Å². The van der Waals surface area contributed by atoms with Gasteiger partial charge in [0.15, 0.2) is 5.78 Å². The van der Waals surface area contributed by atoms with Crippen molar-refractivity contribution in [3.63, 3.8) is 0 Å². The summed E-state index contributed by atoms with van der Waals surface area (Å²) in [5.41, 5.74) is 0. The zero-order chi connectivity index (χ0) is 16.1. The summed E-state index contributed by atoms with van der Waals surface area (Å²) < 4.78 is 0. The minimum absolute atomic E-state index is 0.133. The van der Waals surface area contributed by atoms with Crippen LogP contribution in [0.5, 0.6) is 0 Å². The molecule has 0 saturated carbocycles. The maximum absolute atomic E-state index is 11.9. The Hall–Kier alpha value is -1.12. The molecule has 0 unspecified atom stereocenters. The van der Waals surface area contributed by atoms with Crippen molar-refractivity contribution in [3.05, 3.63) is 12.7 Å². The van der Waals surface area contributed by atoms with Crippen LogP contribution in [0.4, 0.5) is 0 Å². The summed E-state index contributed by atoms with van der Waals surface area (Å²) in [4.78, 5) is 24.8. The van der Waals surface area contributed by atoms with Gasteiger partial charge in [-0.25, -0.2) is 0 Å². The summed E-state index contributed by atoms with van der Waals surface area (Å²) in [6.45, 7) is 8.77. The predicted molar refractivity (Wildman–Crippen MR) is 89.2 cm³/mol. The van der Waals surface area contributed by atoms with E-state index >= 15 is 0 Å². The number of carbonyl (C=O) groups is 2. The Bertz CT molecular complexity index is 310. The standard InChI is InChI=1S/C18H33NO2/c1-5-17(20)13-9-7-6-8-10-14-18(21)19(4)15-11-12-16(2)3/h5,16H,1,6-15H2,2-4H3. The molecule has 0 spiro atoms. The van der Waals surface area contributed by atoms with E-state index in [2.05, 4.69) is 20.4 Å². The van der Waals surface area contributed by atoms with Crippen molar-refractivity contribution in [2.75, 3.05) is 13.6 Å². The van der Waals surface area contributed by atoms with Crippen LogP contribution in [0.1, 0.15) is 71.6 Å². The molecule has 0 aliphatic rings. The van der Waals surface area contributed by atoms with Gasteiger partial charge in [0.2, 0.25) is 5.91 Å². The summed E-state index contributed by atoms with van der Waals surface area (Å²) in [5, 5.41) is 0. The molecule has 0 fully saturated rings. The second kappa shape index (κ2) is 12.6. The molecular weight excluding hydrogens is 262 g/mol. The van der Waals surface area contributed by atoms with Crippen LogP contribution in [0.3, 0.4) is 0 Å². The molecule has 0 aromatic heterocycles. The lowest BCUT2D eigenvalue weighted by Crippen LogP contribution is -2.27. The molecule has 0 aromatic rings. The van der Waals surface area contributed by atoms with E-state index in [1.54, 1.807) is 0 Å². The Labute approximate surface area is 130 Å². The van der Waals surface area contributed by atoms with Gasteiger partial charge in [-0.1, -0.05) is 39.7 Å². The second-order valence-electron chi connectivity index (χ2n) is 6.29. The summed E-state index contributed by atoms with van der Waals surface area (Å²) in [5.74, 6) is 1.11. The van der Waals surface area contributed by atoms with Gasteiger partial charge >= 0.3 is 0 Å². The fourth-order valence-corrected chi connectivity index (χ4v) is 2.26. The number of carbonyl (C=O) groups excluding carboxylic acids is 2. The zero-order valence-electron chi connectivity index (χ0n) is 14.2. The van der Waals surface area contributed by atoms with Gasteiger partial charge in [0.1, 0.15) is 0 Å². The van der Waals surface area contributed by atoms with Crippen molar-refractivity contribution >= 4 is 11.7 Å². The van der Waals surface area contributed by atoms with Crippen molar-refractivity contribution in [1.29, 1.82) is 0 Å². The largest absolute Gasteiger partial charge is 0.346 e. The molecule has 0 bridgehead atoms. The maximum atomic E-state index is 11.9. The summed E-state index contributed by atoms with van der Waals surface area (Å²) in [7, 11) is 1.91. The van der Waals surface area contributed by atoms with Crippen molar-refractivity contribution in [2.45, 2.75) is 71.6 Å². The molecule has 21 heavy (non-hydrogen) atoms. The van der Waals surface area contributed by atoms with Crippen LogP contribution in [0, 0.1) is 5.92 Å². The van der Waals surface area contributed by atoms with Gasteiger partial charge in [0.05, 0.1) is 0 Å². The number of amides is 1. The van der Waals surface area contributed by atoms with Crippen molar-refractivity contribution in [2.24, 2.45) is 5.92 Å². The molecule has 0 aliphatic carbocycles. The minimum Gasteiger partial charge on any atom is -0.346 e. The van der Waals surface area contributed by atoms with Crippen molar-refractivity contribution < 1.29 is 9.59 Å². The number of unbranched alkanes of at least 4 members (excludes halogenated alkanes) is 4. The van der Waals surface area contributed by atoms with Gasteiger partial charge in [-0.2, -0.15) is 0 Å². The first-order valence-corrected chi connectivity index (χ1v) is 8.36. The molecule has 0 atom stereocenters. The monoisotopic (exact) mass is 295 g/mol. The molecule has 0 aliphatic heterocycles. The van der Waals surface area contributed by atoms with Crippen molar-refractivity contribution in [3.8, 4) is 0 Å². The average molecular weight is 295 g/mol. The first kappa shape index (κ1) is 19.9. The molecule has 0 N–H and O–H groups in total. The van der Waals surface area contributed by atoms with E-state index in [0.717, 1.165) is 45.1 Å². The number of ketones is 1. The first-order chi connectivity index (χ1) is 9.97. The van der Waals surface area contributed by atoms with Gasteiger partial charge in [0, 0.05) is 26.4 Å². The van der Waals surface area contributed by atoms with E-state index < -0.39 is 0 Å². The summed E-state index contributed by atoms with van der Waals surface area (Å²) in [6.07, 6.45) is 10.1.